The van der Waals surface area contributed by atoms with Crippen LogP contribution in [-0.2, 0) is 0 Å². The van der Waals surface area contributed by atoms with E-state index in [4.69, 9.17) is 40.0 Å². The van der Waals surface area contributed by atoms with Gasteiger partial charge in [0.05, 0.1) is 47.7 Å². The van der Waals surface area contributed by atoms with Gasteiger partial charge >= 0.3 is 0 Å². The standard InChI is InChI=1S/C29H30ClNO7/c1-33-24-10-9-20(16-26(24)35-3)23(32)11-12-31-22-17-25(34-2)21(30)15-19(22)8-7-18-13-27(36-4)29(38-6)28(14-18)37-5/h7-17,31H,1-6H3. The van der Waals surface area contributed by atoms with E-state index in [1.54, 1.807) is 57.9 Å². The van der Waals surface area contributed by atoms with Crippen molar-refractivity contribution in [2.75, 3.05) is 48.0 Å². The maximum atomic E-state index is 12.7. The number of carbonyl (C=O) groups excluding carboxylic acids is 1. The molecule has 0 aromatic heterocycles. The monoisotopic (exact) mass is 539 g/mol. The lowest BCUT2D eigenvalue weighted by molar-refractivity contribution is 0.104. The van der Waals surface area contributed by atoms with E-state index < -0.39 is 0 Å². The first-order valence-electron chi connectivity index (χ1n) is 11.4. The van der Waals surface area contributed by atoms with Gasteiger partial charge in [-0.15, -0.1) is 0 Å². The highest BCUT2D eigenvalue weighted by Gasteiger charge is 2.13. The predicted octanol–water partition coefficient (Wildman–Crippen LogP) is 6.37. The normalized spacial score (nSPS) is 10.9. The minimum Gasteiger partial charge on any atom is -0.495 e. The Kier molecular flexibility index (Phi) is 9.90. The van der Waals surface area contributed by atoms with E-state index in [1.807, 2.05) is 24.3 Å². The lowest BCUT2D eigenvalue weighted by Crippen LogP contribution is -1.99. The van der Waals surface area contributed by atoms with Crippen LogP contribution >= 0.6 is 11.6 Å². The molecule has 0 radical (unpaired) electrons. The molecule has 3 aromatic rings. The minimum atomic E-state index is -0.214. The second kappa shape index (κ2) is 13.3. The van der Waals surface area contributed by atoms with Gasteiger partial charge < -0.3 is 33.7 Å². The van der Waals surface area contributed by atoms with Crippen molar-refractivity contribution >= 4 is 35.2 Å². The number of methoxy groups -OCH3 is 6. The molecule has 0 spiro atoms. The molecule has 0 aliphatic heterocycles. The molecule has 0 bridgehead atoms. The lowest BCUT2D eigenvalue weighted by Gasteiger charge is -2.13. The molecule has 38 heavy (non-hydrogen) atoms. The molecule has 0 heterocycles. The topological polar surface area (TPSA) is 84.5 Å². The van der Waals surface area contributed by atoms with Crippen LogP contribution in [0.1, 0.15) is 21.5 Å². The predicted molar refractivity (Wildman–Crippen MR) is 150 cm³/mol. The first-order valence-corrected chi connectivity index (χ1v) is 11.8. The van der Waals surface area contributed by atoms with Crippen LogP contribution in [0.2, 0.25) is 5.02 Å². The van der Waals surface area contributed by atoms with Gasteiger partial charge in [-0.1, -0.05) is 23.8 Å². The molecule has 0 atom stereocenters. The van der Waals surface area contributed by atoms with E-state index >= 15 is 0 Å². The van der Waals surface area contributed by atoms with Crippen molar-refractivity contribution in [3.05, 3.63) is 76.5 Å². The average Bonchev–Trinajstić information content (AvgIpc) is 2.95. The van der Waals surface area contributed by atoms with Crippen LogP contribution in [0.15, 0.2) is 54.7 Å². The average molecular weight is 540 g/mol. The molecule has 8 nitrogen and oxygen atoms in total. The molecule has 0 amide bonds. The molecule has 0 saturated heterocycles. The maximum absolute atomic E-state index is 12.7. The first-order chi connectivity index (χ1) is 18.4. The van der Waals surface area contributed by atoms with Gasteiger partial charge in [-0.05, 0) is 47.5 Å². The summed E-state index contributed by atoms with van der Waals surface area (Å²) in [4.78, 5) is 12.7. The van der Waals surface area contributed by atoms with Crippen molar-refractivity contribution in [3.8, 4) is 34.5 Å². The van der Waals surface area contributed by atoms with Crippen LogP contribution in [0.25, 0.3) is 12.2 Å². The number of rotatable bonds is 12. The summed E-state index contributed by atoms with van der Waals surface area (Å²) in [6, 6.07) is 12.2. The van der Waals surface area contributed by atoms with E-state index in [-0.39, 0.29) is 5.78 Å². The van der Waals surface area contributed by atoms with Crippen LogP contribution in [0.3, 0.4) is 0 Å². The summed E-state index contributed by atoms with van der Waals surface area (Å²) in [7, 11) is 9.27. The van der Waals surface area contributed by atoms with Gasteiger partial charge in [-0.2, -0.15) is 0 Å². The number of hydrogen-bond acceptors (Lipinski definition) is 8. The highest BCUT2D eigenvalue weighted by atomic mass is 35.5. The fraction of sp³-hybridized carbons (Fsp3) is 0.207. The summed E-state index contributed by atoms with van der Waals surface area (Å²) in [6.45, 7) is 0. The molecule has 0 fully saturated rings. The molecule has 0 aliphatic rings. The van der Waals surface area contributed by atoms with E-state index in [9.17, 15) is 4.79 Å². The second-order valence-electron chi connectivity index (χ2n) is 7.78. The van der Waals surface area contributed by atoms with Crippen LogP contribution < -0.4 is 33.7 Å². The minimum absolute atomic E-state index is 0.214. The summed E-state index contributed by atoms with van der Waals surface area (Å²) >= 11 is 6.40. The van der Waals surface area contributed by atoms with Crippen LogP contribution in [0.4, 0.5) is 5.69 Å². The molecule has 200 valence electrons. The van der Waals surface area contributed by atoms with E-state index in [0.717, 1.165) is 11.1 Å². The molecular weight excluding hydrogens is 510 g/mol. The number of carbonyl (C=O) groups is 1. The molecular formula is C29H30ClNO7. The van der Waals surface area contributed by atoms with Gasteiger partial charge in [0.2, 0.25) is 5.75 Å². The van der Waals surface area contributed by atoms with E-state index in [1.165, 1.54) is 27.4 Å². The number of nitrogens with one attached hydrogen (secondary N) is 1. The maximum Gasteiger partial charge on any atom is 0.203 e. The van der Waals surface area contributed by atoms with Crippen LogP contribution in [-0.4, -0.2) is 48.4 Å². The van der Waals surface area contributed by atoms with Crippen molar-refractivity contribution in [3.63, 3.8) is 0 Å². The van der Waals surface area contributed by atoms with Crippen molar-refractivity contribution in [2.24, 2.45) is 0 Å². The second-order valence-corrected chi connectivity index (χ2v) is 8.18. The highest BCUT2D eigenvalue weighted by molar-refractivity contribution is 6.32. The van der Waals surface area contributed by atoms with Crippen molar-refractivity contribution in [1.82, 2.24) is 0 Å². The van der Waals surface area contributed by atoms with Gasteiger partial charge in [-0.25, -0.2) is 0 Å². The van der Waals surface area contributed by atoms with Crippen molar-refractivity contribution in [1.29, 1.82) is 0 Å². The third-order valence-electron chi connectivity index (χ3n) is 5.61. The van der Waals surface area contributed by atoms with Crippen LogP contribution in [0, 0.1) is 0 Å². The Morgan fingerprint density at radius 2 is 1.34 bits per heavy atom. The fourth-order valence-electron chi connectivity index (χ4n) is 3.66. The number of anilines is 1. The molecule has 3 aromatic carbocycles. The summed E-state index contributed by atoms with van der Waals surface area (Å²) in [5.41, 5.74) is 2.70. The van der Waals surface area contributed by atoms with Gasteiger partial charge in [0.25, 0.3) is 0 Å². The Labute approximate surface area is 227 Å². The zero-order valence-electron chi connectivity index (χ0n) is 22.1. The highest BCUT2D eigenvalue weighted by Crippen LogP contribution is 2.39. The van der Waals surface area contributed by atoms with Gasteiger partial charge in [0.15, 0.2) is 28.8 Å². The summed E-state index contributed by atoms with van der Waals surface area (Å²) in [6.07, 6.45) is 6.73. The number of ketones is 1. The SMILES string of the molecule is COc1cc(NC=CC(=O)c2ccc(OC)c(OC)c2)c(C=Cc2cc(OC)c(OC)c(OC)c2)cc1Cl. The van der Waals surface area contributed by atoms with Crippen molar-refractivity contribution in [2.45, 2.75) is 0 Å². The Hall–Kier alpha value is -4.30. The summed E-state index contributed by atoms with van der Waals surface area (Å²) in [5.74, 6) is 2.87. The lowest BCUT2D eigenvalue weighted by atomic mass is 10.1. The van der Waals surface area contributed by atoms with Gasteiger partial charge in [-0.3, -0.25) is 4.79 Å². The summed E-state index contributed by atoms with van der Waals surface area (Å²) < 4.78 is 32.2. The Morgan fingerprint density at radius 1 is 0.711 bits per heavy atom. The smallest absolute Gasteiger partial charge is 0.203 e. The largest absolute Gasteiger partial charge is 0.495 e. The number of allylic oxidation sites excluding steroid dienone is 1. The molecule has 1 N–H and O–H groups in total. The van der Waals surface area contributed by atoms with Crippen LogP contribution in [0.5, 0.6) is 34.5 Å². The Bertz CT molecular complexity index is 1330. The molecule has 3 rings (SSSR count). The number of ether oxygens (including phenoxy) is 6. The Morgan fingerprint density at radius 3 is 1.92 bits per heavy atom. The molecule has 0 aliphatic carbocycles. The fourth-order valence-corrected chi connectivity index (χ4v) is 3.91. The molecule has 0 saturated carbocycles. The summed E-state index contributed by atoms with van der Waals surface area (Å²) in [5, 5.41) is 3.59. The third-order valence-corrected chi connectivity index (χ3v) is 5.90. The van der Waals surface area contributed by atoms with Gasteiger partial charge in [0.1, 0.15) is 5.75 Å². The number of benzene rings is 3. The first kappa shape index (κ1) is 28.3. The molecule has 0 unspecified atom stereocenters. The number of halogens is 1. The van der Waals surface area contributed by atoms with Gasteiger partial charge in [0, 0.05) is 29.6 Å². The van der Waals surface area contributed by atoms with E-state index in [2.05, 4.69) is 5.32 Å². The zero-order chi connectivity index (χ0) is 27.7. The van der Waals surface area contributed by atoms with Crippen molar-refractivity contribution < 1.29 is 33.2 Å². The number of hydrogen-bond donors (Lipinski definition) is 1. The third kappa shape index (κ3) is 6.52. The quantitative estimate of drug-likeness (QED) is 0.161. The van der Waals surface area contributed by atoms with E-state index in [0.29, 0.717) is 50.8 Å². The zero-order valence-corrected chi connectivity index (χ0v) is 22.8. The Balaban J connectivity index is 1.89. The molecule has 9 heteroatoms.